The van der Waals surface area contributed by atoms with E-state index in [-0.39, 0.29) is 0 Å². The molecule has 0 amide bonds. The molecule has 0 aliphatic heterocycles. The lowest BCUT2D eigenvalue weighted by molar-refractivity contribution is -0.137. The Morgan fingerprint density at radius 2 is 0.786 bits per heavy atom. The molecule has 1 aliphatic carbocycles. The number of benzene rings is 8. The van der Waals surface area contributed by atoms with E-state index in [1.54, 1.807) is 6.07 Å². The van der Waals surface area contributed by atoms with E-state index in [1.807, 2.05) is 65.6 Å². The van der Waals surface area contributed by atoms with E-state index in [0.717, 1.165) is 63.2 Å². The Hall–Kier alpha value is -6.85. The fourth-order valence-corrected chi connectivity index (χ4v) is 7.77. The van der Waals surface area contributed by atoms with E-state index in [4.69, 9.17) is 0 Å². The highest BCUT2D eigenvalue weighted by Gasteiger charge is 2.31. The van der Waals surface area contributed by atoms with Gasteiger partial charge in [0, 0.05) is 34.1 Å². The van der Waals surface area contributed by atoms with Crippen molar-refractivity contribution in [2.24, 2.45) is 0 Å². The van der Waals surface area contributed by atoms with E-state index in [0.29, 0.717) is 5.69 Å². The molecule has 0 atom stereocenters. The number of rotatable bonds is 8. The van der Waals surface area contributed by atoms with Crippen LogP contribution in [0.3, 0.4) is 0 Å². The molecule has 9 rings (SSSR count). The standard InChI is InChI=1S/C51H37F3N2/c1-35-10-8-16-47(30-35)55(43-12-4-2-5-13-43)45-26-22-36(23-27-45)38-18-20-40-31-41-21-19-39(33-50(41)49(40)32-38)37-24-28-46(29-25-37)56(44-14-6-3-7-15-44)48-17-9-11-42(34-48)51(52,53)54/h2-30,32-34H,31H2,1H3. The second kappa shape index (κ2) is 14.4. The average molecular weight is 735 g/mol. The number of halogens is 3. The van der Waals surface area contributed by atoms with Crippen molar-refractivity contribution < 1.29 is 13.2 Å². The maximum atomic E-state index is 13.7. The number of nitrogens with zero attached hydrogens (tertiary/aromatic N) is 2. The van der Waals surface area contributed by atoms with Crippen molar-refractivity contribution in [3.63, 3.8) is 0 Å². The lowest BCUT2D eigenvalue weighted by Gasteiger charge is -2.26. The molecule has 272 valence electrons. The Morgan fingerprint density at radius 3 is 1.25 bits per heavy atom. The molecule has 2 nitrogen and oxygen atoms in total. The monoisotopic (exact) mass is 734 g/mol. The van der Waals surface area contributed by atoms with E-state index in [2.05, 4.69) is 121 Å². The first-order valence-corrected chi connectivity index (χ1v) is 18.7. The van der Waals surface area contributed by atoms with Gasteiger partial charge in [0.25, 0.3) is 0 Å². The van der Waals surface area contributed by atoms with Crippen molar-refractivity contribution in [2.75, 3.05) is 9.80 Å². The maximum absolute atomic E-state index is 13.7. The van der Waals surface area contributed by atoms with Gasteiger partial charge in [0.05, 0.1) is 5.56 Å². The summed E-state index contributed by atoms with van der Waals surface area (Å²) in [5.74, 6) is 0. The minimum atomic E-state index is -4.44. The Balaban J connectivity index is 1.01. The first-order chi connectivity index (χ1) is 27.3. The SMILES string of the molecule is Cc1cccc(N(c2ccccc2)c2ccc(-c3ccc4c(c3)-c3cc(-c5ccc(N(c6ccccc6)c6cccc(C(F)(F)F)c6)cc5)ccc3C4)cc2)c1. The van der Waals surface area contributed by atoms with Crippen molar-refractivity contribution in [1.82, 2.24) is 0 Å². The van der Waals surface area contributed by atoms with Gasteiger partial charge in [-0.2, -0.15) is 13.2 Å². The summed E-state index contributed by atoms with van der Waals surface area (Å²) >= 11 is 0. The highest BCUT2D eigenvalue weighted by Crippen LogP contribution is 2.43. The second-order valence-corrected chi connectivity index (χ2v) is 14.2. The predicted octanol–water partition coefficient (Wildman–Crippen LogP) is 14.9. The van der Waals surface area contributed by atoms with Crippen LogP contribution in [0, 0.1) is 6.92 Å². The van der Waals surface area contributed by atoms with E-state index < -0.39 is 11.7 Å². The van der Waals surface area contributed by atoms with Crippen LogP contribution in [0.4, 0.5) is 47.3 Å². The Bertz CT molecular complexity index is 2650. The summed E-state index contributed by atoms with van der Waals surface area (Å²) in [6.07, 6.45) is -3.55. The van der Waals surface area contributed by atoms with Crippen LogP contribution in [-0.4, -0.2) is 0 Å². The van der Waals surface area contributed by atoms with Gasteiger partial charge in [-0.3, -0.25) is 0 Å². The molecule has 5 heteroatoms. The van der Waals surface area contributed by atoms with Crippen molar-refractivity contribution in [2.45, 2.75) is 19.5 Å². The quantitative estimate of drug-likeness (QED) is 0.153. The molecular weight excluding hydrogens is 698 g/mol. The minimum Gasteiger partial charge on any atom is -0.310 e. The van der Waals surface area contributed by atoms with E-state index >= 15 is 0 Å². The molecule has 0 heterocycles. The molecule has 0 unspecified atom stereocenters. The van der Waals surface area contributed by atoms with Gasteiger partial charge in [0.2, 0.25) is 0 Å². The summed E-state index contributed by atoms with van der Waals surface area (Å²) in [5.41, 5.74) is 15.3. The Morgan fingerprint density at radius 1 is 0.375 bits per heavy atom. The van der Waals surface area contributed by atoms with Crippen LogP contribution >= 0.6 is 0 Å². The van der Waals surface area contributed by atoms with Crippen LogP contribution in [0.25, 0.3) is 33.4 Å². The van der Waals surface area contributed by atoms with Gasteiger partial charge in [0.1, 0.15) is 0 Å². The third-order valence-corrected chi connectivity index (χ3v) is 10.5. The van der Waals surface area contributed by atoms with E-state index in [1.165, 1.54) is 39.9 Å². The molecule has 56 heavy (non-hydrogen) atoms. The topological polar surface area (TPSA) is 6.48 Å². The third kappa shape index (κ3) is 6.84. The van der Waals surface area contributed by atoms with Crippen LogP contribution in [0.5, 0.6) is 0 Å². The summed E-state index contributed by atoms with van der Waals surface area (Å²) in [7, 11) is 0. The number of fused-ring (bicyclic) bond motifs is 3. The number of hydrogen-bond donors (Lipinski definition) is 0. The predicted molar refractivity (Wildman–Crippen MR) is 225 cm³/mol. The number of alkyl halides is 3. The summed E-state index contributed by atoms with van der Waals surface area (Å²) in [6.45, 7) is 2.12. The van der Waals surface area contributed by atoms with Gasteiger partial charge in [0.15, 0.2) is 0 Å². The third-order valence-electron chi connectivity index (χ3n) is 10.5. The van der Waals surface area contributed by atoms with Gasteiger partial charge in [-0.1, -0.05) is 103 Å². The first-order valence-electron chi connectivity index (χ1n) is 18.7. The molecule has 0 saturated heterocycles. The molecule has 8 aromatic rings. The molecule has 0 fully saturated rings. The molecule has 0 bridgehead atoms. The summed E-state index contributed by atoms with van der Waals surface area (Å²) < 4.78 is 41.1. The molecule has 0 saturated carbocycles. The molecule has 8 aromatic carbocycles. The lowest BCUT2D eigenvalue weighted by Crippen LogP contribution is -2.12. The van der Waals surface area contributed by atoms with E-state index in [9.17, 15) is 13.2 Å². The van der Waals surface area contributed by atoms with Crippen LogP contribution in [-0.2, 0) is 12.6 Å². The zero-order chi connectivity index (χ0) is 38.2. The van der Waals surface area contributed by atoms with Gasteiger partial charge in [-0.25, -0.2) is 0 Å². The second-order valence-electron chi connectivity index (χ2n) is 14.2. The molecule has 0 radical (unpaired) electrons. The normalized spacial score (nSPS) is 11.9. The van der Waals surface area contributed by atoms with Gasteiger partial charge >= 0.3 is 6.18 Å². The number of aryl methyl sites for hydroxylation is 1. The van der Waals surface area contributed by atoms with Crippen molar-refractivity contribution in [3.8, 4) is 33.4 Å². The fraction of sp³-hybridized carbons (Fsp3) is 0.0588. The largest absolute Gasteiger partial charge is 0.416 e. The van der Waals surface area contributed by atoms with Gasteiger partial charge < -0.3 is 9.80 Å². The van der Waals surface area contributed by atoms with Gasteiger partial charge in [-0.05, 0) is 154 Å². The van der Waals surface area contributed by atoms with Gasteiger partial charge in [-0.15, -0.1) is 0 Å². The number of anilines is 6. The fourth-order valence-electron chi connectivity index (χ4n) is 7.77. The van der Waals surface area contributed by atoms with Crippen LogP contribution in [0.2, 0.25) is 0 Å². The molecule has 0 N–H and O–H groups in total. The molecular formula is C51H37F3N2. The van der Waals surface area contributed by atoms with Crippen LogP contribution < -0.4 is 9.80 Å². The number of para-hydroxylation sites is 2. The number of hydrogen-bond acceptors (Lipinski definition) is 2. The highest BCUT2D eigenvalue weighted by molar-refractivity contribution is 5.86. The Kier molecular flexibility index (Phi) is 8.99. The zero-order valence-electron chi connectivity index (χ0n) is 30.7. The zero-order valence-corrected chi connectivity index (χ0v) is 30.7. The summed E-state index contributed by atoms with van der Waals surface area (Å²) in [6, 6.07) is 64.2. The van der Waals surface area contributed by atoms with Crippen molar-refractivity contribution in [3.05, 3.63) is 216 Å². The van der Waals surface area contributed by atoms with Crippen molar-refractivity contribution in [1.29, 1.82) is 0 Å². The summed E-state index contributed by atoms with van der Waals surface area (Å²) in [5, 5.41) is 0. The van der Waals surface area contributed by atoms with Crippen LogP contribution in [0.1, 0.15) is 22.3 Å². The highest BCUT2D eigenvalue weighted by atomic mass is 19.4. The molecule has 0 aromatic heterocycles. The Labute approximate surface area is 325 Å². The molecule has 0 spiro atoms. The lowest BCUT2D eigenvalue weighted by atomic mass is 9.96. The average Bonchev–Trinajstić information content (AvgIpc) is 3.60. The summed E-state index contributed by atoms with van der Waals surface area (Å²) in [4.78, 5) is 4.14. The van der Waals surface area contributed by atoms with Crippen molar-refractivity contribution >= 4 is 34.1 Å². The maximum Gasteiger partial charge on any atom is 0.416 e. The first kappa shape index (κ1) is 34.9. The van der Waals surface area contributed by atoms with Crippen LogP contribution in [0.15, 0.2) is 194 Å². The minimum absolute atomic E-state index is 0.443. The molecule has 1 aliphatic rings. The smallest absolute Gasteiger partial charge is 0.310 e.